The lowest BCUT2D eigenvalue weighted by molar-refractivity contribution is 0.0941. The van der Waals surface area contributed by atoms with Gasteiger partial charge in [-0.05, 0) is 30.5 Å². The van der Waals surface area contributed by atoms with E-state index >= 15 is 0 Å². The average molecular weight is 252 g/mol. The molecule has 18 heavy (non-hydrogen) atoms. The van der Waals surface area contributed by atoms with Crippen LogP contribution in [-0.4, -0.2) is 11.9 Å². The molecule has 0 fully saturated rings. The van der Waals surface area contributed by atoms with Crippen molar-refractivity contribution in [1.82, 2.24) is 5.32 Å². The lowest BCUT2D eigenvalue weighted by atomic mass is 10.0. The third kappa shape index (κ3) is 3.81. The Kier molecular flexibility index (Phi) is 4.78. The van der Waals surface area contributed by atoms with Gasteiger partial charge in [0.05, 0.1) is 6.07 Å². The molecule has 1 aromatic rings. The van der Waals surface area contributed by atoms with Gasteiger partial charge in [-0.1, -0.05) is 13.8 Å². The second kappa shape index (κ2) is 6.10. The Morgan fingerprint density at radius 2 is 2.06 bits per heavy atom. The van der Waals surface area contributed by atoms with Gasteiger partial charge in [0.25, 0.3) is 5.91 Å². The highest BCUT2D eigenvalue weighted by molar-refractivity contribution is 5.94. The number of rotatable bonds is 4. The Morgan fingerprint density at radius 3 is 2.56 bits per heavy atom. The fourth-order valence-electron chi connectivity index (χ4n) is 1.49. The Balaban J connectivity index is 2.75. The zero-order valence-electron chi connectivity index (χ0n) is 10.2. The number of nitrogens with one attached hydrogen (secondary N) is 1. The smallest absolute Gasteiger partial charge is 0.252 e. The molecule has 1 rings (SSSR count). The van der Waals surface area contributed by atoms with E-state index in [0.29, 0.717) is 6.42 Å². The van der Waals surface area contributed by atoms with E-state index < -0.39 is 23.6 Å². The summed E-state index contributed by atoms with van der Waals surface area (Å²) in [6.45, 7) is 3.85. The molecule has 0 aliphatic carbocycles. The van der Waals surface area contributed by atoms with Gasteiger partial charge in [-0.25, -0.2) is 8.78 Å². The summed E-state index contributed by atoms with van der Waals surface area (Å²) in [7, 11) is 0. The number of hydrogen-bond acceptors (Lipinski definition) is 2. The van der Waals surface area contributed by atoms with Gasteiger partial charge in [-0.15, -0.1) is 0 Å². The minimum absolute atomic E-state index is 0.00194. The van der Waals surface area contributed by atoms with Crippen molar-refractivity contribution in [1.29, 1.82) is 5.26 Å². The molecule has 0 aliphatic heterocycles. The Bertz CT molecular complexity index is 480. The molecule has 0 radical (unpaired) electrons. The van der Waals surface area contributed by atoms with Crippen LogP contribution in [0.2, 0.25) is 0 Å². The SMILES string of the molecule is CC(C)CC(C#N)NC(=O)c1ccc(F)c(F)c1. The monoisotopic (exact) mass is 252 g/mol. The molecular formula is C13H14F2N2O. The van der Waals surface area contributed by atoms with Gasteiger partial charge in [0, 0.05) is 5.56 Å². The minimum atomic E-state index is -1.08. The maximum Gasteiger partial charge on any atom is 0.252 e. The summed E-state index contributed by atoms with van der Waals surface area (Å²) in [4.78, 5) is 11.7. The summed E-state index contributed by atoms with van der Waals surface area (Å²) >= 11 is 0. The van der Waals surface area contributed by atoms with Crippen LogP contribution in [0.3, 0.4) is 0 Å². The van der Waals surface area contributed by atoms with Crippen LogP contribution in [0.25, 0.3) is 0 Å². The second-order valence-electron chi connectivity index (χ2n) is 4.41. The topological polar surface area (TPSA) is 52.9 Å². The molecule has 1 N–H and O–H groups in total. The van der Waals surface area contributed by atoms with Crippen molar-refractivity contribution in [2.75, 3.05) is 0 Å². The summed E-state index contributed by atoms with van der Waals surface area (Å²) in [5, 5.41) is 11.3. The van der Waals surface area contributed by atoms with Gasteiger partial charge in [0.1, 0.15) is 6.04 Å². The molecule has 0 spiro atoms. The quantitative estimate of drug-likeness (QED) is 0.895. The predicted octanol–water partition coefficient (Wildman–Crippen LogP) is 2.63. The standard InChI is InChI=1S/C13H14F2N2O/c1-8(2)5-10(7-16)17-13(18)9-3-4-11(14)12(15)6-9/h3-4,6,8,10H,5H2,1-2H3,(H,17,18). The molecule has 1 atom stereocenters. The van der Waals surface area contributed by atoms with Gasteiger partial charge in [-0.3, -0.25) is 4.79 Å². The minimum Gasteiger partial charge on any atom is -0.336 e. The van der Waals surface area contributed by atoms with Gasteiger partial charge in [0.2, 0.25) is 0 Å². The molecule has 1 unspecified atom stereocenters. The number of amides is 1. The van der Waals surface area contributed by atoms with Crippen molar-refractivity contribution in [3.63, 3.8) is 0 Å². The van der Waals surface area contributed by atoms with Crippen molar-refractivity contribution < 1.29 is 13.6 Å². The zero-order valence-corrected chi connectivity index (χ0v) is 10.2. The Hall–Kier alpha value is -1.96. The predicted molar refractivity (Wildman–Crippen MR) is 62.7 cm³/mol. The van der Waals surface area contributed by atoms with Crippen molar-refractivity contribution in [2.24, 2.45) is 5.92 Å². The molecular weight excluding hydrogens is 238 g/mol. The van der Waals surface area contributed by atoms with Crippen LogP contribution in [0.5, 0.6) is 0 Å². The molecule has 96 valence electrons. The summed E-state index contributed by atoms with van der Waals surface area (Å²) < 4.78 is 25.7. The molecule has 0 heterocycles. The molecule has 1 amide bonds. The van der Waals surface area contributed by atoms with E-state index in [2.05, 4.69) is 5.32 Å². The van der Waals surface area contributed by atoms with E-state index in [1.807, 2.05) is 19.9 Å². The van der Waals surface area contributed by atoms with E-state index in [0.717, 1.165) is 12.1 Å². The maximum absolute atomic E-state index is 12.9. The zero-order chi connectivity index (χ0) is 13.7. The van der Waals surface area contributed by atoms with Crippen LogP contribution in [0.1, 0.15) is 30.6 Å². The fourth-order valence-corrected chi connectivity index (χ4v) is 1.49. The van der Waals surface area contributed by atoms with Gasteiger partial charge >= 0.3 is 0 Å². The van der Waals surface area contributed by atoms with E-state index in [1.54, 1.807) is 0 Å². The van der Waals surface area contributed by atoms with Gasteiger partial charge in [0.15, 0.2) is 11.6 Å². The van der Waals surface area contributed by atoms with Crippen molar-refractivity contribution in [3.8, 4) is 6.07 Å². The molecule has 0 aliphatic rings. The number of carbonyl (C=O) groups is 1. The molecule has 0 saturated heterocycles. The normalized spacial score (nSPS) is 12.0. The van der Waals surface area contributed by atoms with Gasteiger partial charge < -0.3 is 5.32 Å². The van der Waals surface area contributed by atoms with Crippen molar-refractivity contribution in [3.05, 3.63) is 35.4 Å². The number of carbonyl (C=O) groups excluding carboxylic acids is 1. The number of halogens is 2. The maximum atomic E-state index is 12.9. The Labute approximate surface area is 104 Å². The average Bonchev–Trinajstić information content (AvgIpc) is 2.31. The third-order valence-corrected chi connectivity index (χ3v) is 2.35. The summed E-state index contributed by atoms with van der Waals surface area (Å²) in [5.74, 6) is -2.42. The highest BCUT2D eigenvalue weighted by Gasteiger charge is 2.15. The van der Waals surface area contributed by atoms with Gasteiger partial charge in [-0.2, -0.15) is 5.26 Å². The van der Waals surface area contributed by atoms with E-state index in [4.69, 9.17) is 5.26 Å². The highest BCUT2D eigenvalue weighted by atomic mass is 19.2. The first-order chi connectivity index (χ1) is 8.43. The second-order valence-corrected chi connectivity index (χ2v) is 4.41. The van der Waals surface area contributed by atoms with E-state index in [9.17, 15) is 13.6 Å². The first-order valence-corrected chi connectivity index (χ1v) is 5.59. The summed E-state index contributed by atoms with van der Waals surface area (Å²) in [5.41, 5.74) is -0.00194. The molecule has 1 aromatic carbocycles. The highest BCUT2D eigenvalue weighted by Crippen LogP contribution is 2.10. The van der Waals surface area contributed by atoms with Crippen LogP contribution in [0, 0.1) is 28.9 Å². The van der Waals surface area contributed by atoms with E-state index in [1.165, 1.54) is 6.07 Å². The lowest BCUT2D eigenvalue weighted by Crippen LogP contribution is -2.34. The number of nitrogens with zero attached hydrogens (tertiary/aromatic N) is 1. The lowest BCUT2D eigenvalue weighted by Gasteiger charge is -2.13. The number of nitriles is 1. The van der Waals surface area contributed by atoms with Crippen LogP contribution >= 0.6 is 0 Å². The summed E-state index contributed by atoms with van der Waals surface area (Å²) in [6.07, 6.45) is 0.506. The molecule has 0 aromatic heterocycles. The third-order valence-electron chi connectivity index (χ3n) is 2.35. The molecule has 0 saturated carbocycles. The van der Waals surface area contributed by atoms with E-state index in [-0.39, 0.29) is 11.5 Å². The molecule has 5 heteroatoms. The van der Waals surface area contributed by atoms with Crippen LogP contribution < -0.4 is 5.32 Å². The largest absolute Gasteiger partial charge is 0.336 e. The summed E-state index contributed by atoms with van der Waals surface area (Å²) in [6, 6.07) is 4.20. The molecule has 0 bridgehead atoms. The van der Waals surface area contributed by atoms with Crippen LogP contribution in [0.4, 0.5) is 8.78 Å². The van der Waals surface area contributed by atoms with Crippen LogP contribution in [0.15, 0.2) is 18.2 Å². The fraction of sp³-hybridized carbons (Fsp3) is 0.385. The number of benzene rings is 1. The first kappa shape index (κ1) is 14.1. The van der Waals surface area contributed by atoms with Crippen LogP contribution in [-0.2, 0) is 0 Å². The molecule has 3 nitrogen and oxygen atoms in total. The number of hydrogen-bond donors (Lipinski definition) is 1. The first-order valence-electron chi connectivity index (χ1n) is 5.59. The van der Waals surface area contributed by atoms with Crippen molar-refractivity contribution in [2.45, 2.75) is 26.3 Å². The Morgan fingerprint density at radius 1 is 1.39 bits per heavy atom. The van der Waals surface area contributed by atoms with Crippen molar-refractivity contribution >= 4 is 5.91 Å².